The molecule has 0 aliphatic carbocycles. The zero-order valence-corrected chi connectivity index (χ0v) is 13.4. The van der Waals surface area contributed by atoms with E-state index in [4.69, 9.17) is 46.4 Å². The van der Waals surface area contributed by atoms with Gasteiger partial charge in [-0.15, -0.1) is 46.4 Å². The Labute approximate surface area is 131 Å². The normalized spacial score (nSPS) is 11.3. The molecular weight excluding hydrogens is 330 g/mol. The van der Waals surface area contributed by atoms with Crippen LogP contribution in [0.3, 0.4) is 0 Å². The number of aryl methyl sites for hydroxylation is 4. The molecule has 2 aromatic heterocycles. The van der Waals surface area contributed by atoms with Crippen molar-refractivity contribution in [2.45, 2.75) is 19.5 Å². The molecule has 4 nitrogen and oxygen atoms in total. The molecule has 19 heavy (non-hydrogen) atoms. The lowest BCUT2D eigenvalue weighted by atomic mass is 10.4. The largest absolute Gasteiger partial charge is 0.337 e. The topological polar surface area (TPSA) is 17.6 Å². The minimum Gasteiger partial charge on any atom is -0.337 e. The third-order valence-corrected chi connectivity index (χ3v) is 4.53. The van der Waals surface area contributed by atoms with Crippen molar-refractivity contribution in [2.24, 2.45) is 14.1 Å². The predicted octanol–water partition coefficient (Wildman–Crippen LogP) is 2.24. The van der Waals surface area contributed by atoms with Crippen molar-refractivity contribution in [3.63, 3.8) is 0 Å². The average Bonchev–Trinajstić information content (AvgIpc) is 2.76. The van der Waals surface area contributed by atoms with Gasteiger partial charge in [0, 0.05) is 6.42 Å². The summed E-state index contributed by atoms with van der Waals surface area (Å²) in [5, 5.41) is 1.91. The standard InChI is InChI=1S/C11H12Cl4N4/c1-16-6-18(10(14)8(16)12)4-3-5-19-7-17(2)9(13)11(19)15/h3-5H2,1-2H3. The maximum Gasteiger partial charge on any atom is 0.206 e. The molecule has 8 heteroatoms. The molecule has 0 amide bonds. The summed E-state index contributed by atoms with van der Waals surface area (Å²) in [6, 6.07) is 0. The summed E-state index contributed by atoms with van der Waals surface area (Å²) in [5.74, 6) is 0. The Kier molecular flexibility index (Phi) is 4.66. The Hall–Kier alpha value is -0.420. The average molecular weight is 342 g/mol. The van der Waals surface area contributed by atoms with Crippen LogP contribution in [0.5, 0.6) is 0 Å². The molecule has 2 rings (SSSR count). The van der Waals surface area contributed by atoms with Gasteiger partial charge in [-0.05, 0) is 0 Å². The van der Waals surface area contributed by atoms with Crippen molar-refractivity contribution in [1.29, 1.82) is 0 Å². The van der Waals surface area contributed by atoms with E-state index in [-0.39, 0.29) is 0 Å². The van der Waals surface area contributed by atoms with Crippen molar-refractivity contribution in [2.75, 3.05) is 0 Å². The van der Waals surface area contributed by atoms with Gasteiger partial charge >= 0.3 is 0 Å². The molecule has 0 N–H and O–H groups in total. The fourth-order valence-electron chi connectivity index (χ4n) is 1.72. The van der Waals surface area contributed by atoms with Crippen LogP contribution in [-0.4, -0.2) is 9.13 Å². The number of imidazole rings is 2. The molecule has 0 radical (unpaired) electrons. The first-order valence-electron chi connectivity index (χ1n) is 5.57. The van der Waals surface area contributed by atoms with E-state index in [9.17, 15) is 0 Å². The molecule has 0 fully saturated rings. The van der Waals surface area contributed by atoms with Crippen LogP contribution in [0.1, 0.15) is 6.42 Å². The highest BCUT2D eigenvalue weighted by Gasteiger charge is 2.09. The van der Waals surface area contributed by atoms with Gasteiger partial charge in [0.05, 0.1) is 47.8 Å². The second-order valence-electron chi connectivity index (χ2n) is 4.14. The number of hydrogen-bond acceptors (Lipinski definition) is 0. The lowest BCUT2D eigenvalue weighted by Gasteiger charge is -2.05. The van der Waals surface area contributed by atoms with Gasteiger partial charge in [-0.1, -0.05) is 0 Å². The quantitative estimate of drug-likeness (QED) is 0.599. The van der Waals surface area contributed by atoms with Crippen LogP contribution in [0.25, 0.3) is 0 Å². The fourth-order valence-corrected chi connectivity index (χ4v) is 2.50. The van der Waals surface area contributed by atoms with Crippen LogP contribution in [-0.2, 0) is 27.2 Å². The van der Waals surface area contributed by atoms with E-state index >= 15 is 0 Å². The molecule has 104 valence electrons. The van der Waals surface area contributed by atoms with E-state index < -0.39 is 0 Å². The maximum atomic E-state index is 6.07. The van der Waals surface area contributed by atoms with E-state index in [1.807, 2.05) is 0 Å². The smallest absolute Gasteiger partial charge is 0.206 e. The molecule has 2 aromatic rings. The van der Waals surface area contributed by atoms with Gasteiger partial charge < -0.3 is 18.3 Å². The van der Waals surface area contributed by atoms with Crippen LogP contribution in [0.15, 0.2) is 0 Å². The summed E-state index contributed by atoms with van der Waals surface area (Å²) >= 11 is 24.1. The fraction of sp³-hybridized carbons (Fsp3) is 0.455. The highest BCUT2D eigenvalue weighted by Crippen LogP contribution is 2.19. The first kappa shape index (κ1) is 15.0. The van der Waals surface area contributed by atoms with Gasteiger partial charge in [-0.2, -0.15) is 0 Å². The summed E-state index contributed by atoms with van der Waals surface area (Å²) in [6.45, 7) is 1.37. The van der Waals surface area contributed by atoms with E-state index in [1.165, 1.54) is 0 Å². The Morgan fingerprint density at radius 1 is 0.842 bits per heavy atom. The van der Waals surface area contributed by atoms with Gasteiger partial charge in [-0.25, -0.2) is 0 Å². The summed E-state index contributed by atoms with van der Waals surface area (Å²) in [4.78, 5) is 0. The first-order valence-corrected chi connectivity index (χ1v) is 7.08. The Bertz CT molecular complexity index is 550. The summed E-state index contributed by atoms with van der Waals surface area (Å²) in [6.07, 6.45) is 6.84. The van der Waals surface area contributed by atoms with Crippen molar-refractivity contribution in [3.8, 4) is 0 Å². The third-order valence-electron chi connectivity index (χ3n) is 2.71. The molecule has 2 heterocycles. The number of nitrogens with zero attached hydrogens (tertiary/aromatic N) is 4. The number of halogens is 4. The first-order chi connectivity index (χ1) is 8.91. The summed E-state index contributed by atoms with van der Waals surface area (Å²) in [7, 11) is 3.59. The van der Waals surface area contributed by atoms with Crippen LogP contribution in [0.2, 0.25) is 20.6 Å². The van der Waals surface area contributed by atoms with Gasteiger partial charge in [0.15, 0.2) is 0 Å². The van der Waals surface area contributed by atoms with Crippen LogP contribution in [0, 0.1) is 12.7 Å². The lowest BCUT2D eigenvalue weighted by Crippen LogP contribution is -2.27. The molecule has 0 aromatic carbocycles. The molecule has 0 atom stereocenters. The van der Waals surface area contributed by atoms with E-state index in [0.717, 1.165) is 6.42 Å². The predicted molar refractivity (Wildman–Crippen MR) is 73.5 cm³/mol. The van der Waals surface area contributed by atoms with Gasteiger partial charge in [0.1, 0.15) is 0 Å². The van der Waals surface area contributed by atoms with E-state index in [1.54, 1.807) is 32.4 Å². The molecule has 0 saturated carbocycles. The Morgan fingerprint density at radius 2 is 1.21 bits per heavy atom. The van der Waals surface area contributed by atoms with Crippen LogP contribution in [0.4, 0.5) is 0 Å². The Balaban J connectivity index is 2.00. The van der Waals surface area contributed by atoms with Crippen molar-refractivity contribution in [3.05, 3.63) is 33.3 Å². The monoisotopic (exact) mass is 340 g/mol. The highest BCUT2D eigenvalue weighted by molar-refractivity contribution is 6.40. The van der Waals surface area contributed by atoms with Crippen molar-refractivity contribution >= 4 is 46.4 Å². The molecule has 0 aliphatic heterocycles. The third kappa shape index (κ3) is 3.02. The number of rotatable bonds is 4. The van der Waals surface area contributed by atoms with Crippen molar-refractivity contribution in [1.82, 2.24) is 9.13 Å². The highest BCUT2D eigenvalue weighted by atomic mass is 35.5. The molecule has 0 saturated heterocycles. The zero-order chi connectivity index (χ0) is 14.2. The minimum absolute atomic E-state index is 0.474. The number of hydrogen-bond donors (Lipinski definition) is 0. The molecule has 0 unspecified atom stereocenters. The second-order valence-corrected chi connectivity index (χ2v) is 5.57. The number of aromatic nitrogens is 4. The second kappa shape index (κ2) is 5.92. The van der Waals surface area contributed by atoms with Crippen molar-refractivity contribution < 1.29 is 9.13 Å². The van der Waals surface area contributed by atoms with Gasteiger partial charge in [-0.3, -0.25) is 0 Å². The van der Waals surface area contributed by atoms with E-state index in [0.29, 0.717) is 33.7 Å². The molecule has 0 aliphatic rings. The molecule has 0 spiro atoms. The SMILES string of the molecule is C[n+]1[c-]n(CCCn2[c-][n+](C)c(Cl)c2Cl)c(Cl)c1Cl. The zero-order valence-electron chi connectivity index (χ0n) is 10.4. The Morgan fingerprint density at radius 3 is 1.47 bits per heavy atom. The minimum atomic E-state index is 0.474. The summed E-state index contributed by atoms with van der Waals surface area (Å²) < 4.78 is 6.83. The van der Waals surface area contributed by atoms with E-state index in [2.05, 4.69) is 12.7 Å². The van der Waals surface area contributed by atoms with Crippen LogP contribution < -0.4 is 9.13 Å². The molecule has 0 bridgehead atoms. The van der Waals surface area contributed by atoms with Gasteiger partial charge in [0.25, 0.3) is 0 Å². The lowest BCUT2D eigenvalue weighted by molar-refractivity contribution is -0.673. The maximum absolute atomic E-state index is 6.07. The van der Waals surface area contributed by atoms with Crippen LogP contribution >= 0.6 is 46.4 Å². The summed E-state index contributed by atoms with van der Waals surface area (Å²) in [5.41, 5.74) is 0. The molecular formula is C11H12Cl4N4. The van der Waals surface area contributed by atoms with Gasteiger partial charge in [0.2, 0.25) is 12.7 Å².